The van der Waals surface area contributed by atoms with Gasteiger partial charge in [0.2, 0.25) is 5.91 Å². The van der Waals surface area contributed by atoms with E-state index in [-0.39, 0.29) is 5.91 Å². The van der Waals surface area contributed by atoms with Crippen LogP contribution in [0.3, 0.4) is 0 Å². The summed E-state index contributed by atoms with van der Waals surface area (Å²) in [6.07, 6.45) is 3.62. The van der Waals surface area contributed by atoms with Crippen LogP contribution >= 0.6 is 0 Å². The van der Waals surface area contributed by atoms with Gasteiger partial charge in [-0.1, -0.05) is 19.1 Å². The first kappa shape index (κ1) is 20.9. The van der Waals surface area contributed by atoms with Crippen molar-refractivity contribution < 1.29 is 19.1 Å². The SMILES string of the molecule is C=CC[C@H](NC(=O)O)c1cc(F)cc(-c2c(NC(=O)[C@H](C)C=C)cnn2C)c1. The molecule has 1 aromatic carbocycles. The number of anilines is 1. The molecule has 2 rings (SSSR count). The van der Waals surface area contributed by atoms with Crippen LogP contribution in [0.25, 0.3) is 11.3 Å². The number of rotatable bonds is 8. The van der Waals surface area contributed by atoms with Gasteiger partial charge in [-0.15, -0.1) is 13.2 Å². The normalized spacial score (nSPS) is 12.7. The molecule has 0 saturated heterocycles. The predicted octanol–water partition coefficient (Wildman–Crippen LogP) is 3.87. The summed E-state index contributed by atoms with van der Waals surface area (Å²) in [5, 5.41) is 18.3. The van der Waals surface area contributed by atoms with Crippen molar-refractivity contribution in [3.05, 3.63) is 61.1 Å². The van der Waals surface area contributed by atoms with Gasteiger partial charge in [0, 0.05) is 12.6 Å². The fourth-order valence-corrected chi connectivity index (χ4v) is 2.77. The molecule has 0 saturated carbocycles. The largest absolute Gasteiger partial charge is 0.465 e. The first-order valence-corrected chi connectivity index (χ1v) is 8.63. The van der Waals surface area contributed by atoms with Gasteiger partial charge in [0.25, 0.3) is 0 Å². The zero-order valence-corrected chi connectivity index (χ0v) is 15.8. The number of halogens is 1. The van der Waals surface area contributed by atoms with E-state index in [1.807, 2.05) is 0 Å². The Labute approximate surface area is 162 Å². The minimum atomic E-state index is -1.22. The Balaban J connectivity index is 2.48. The minimum Gasteiger partial charge on any atom is -0.465 e. The van der Waals surface area contributed by atoms with Crippen LogP contribution in [-0.2, 0) is 11.8 Å². The molecule has 1 aromatic heterocycles. The molecule has 3 N–H and O–H groups in total. The van der Waals surface area contributed by atoms with Crippen LogP contribution < -0.4 is 10.6 Å². The summed E-state index contributed by atoms with van der Waals surface area (Å²) in [6.45, 7) is 8.92. The molecule has 0 radical (unpaired) electrons. The Morgan fingerprint density at radius 1 is 1.36 bits per heavy atom. The first-order chi connectivity index (χ1) is 13.3. The van der Waals surface area contributed by atoms with E-state index in [1.165, 1.54) is 29.1 Å². The third-order valence-electron chi connectivity index (χ3n) is 4.26. The number of carboxylic acid groups (broad SMARTS) is 1. The molecule has 7 nitrogen and oxygen atoms in total. The van der Waals surface area contributed by atoms with E-state index < -0.39 is 23.9 Å². The lowest BCUT2D eigenvalue weighted by atomic mass is 9.99. The van der Waals surface area contributed by atoms with Gasteiger partial charge >= 0.3 is 6.09 Å². The molecule has 148 valence electrons. The van der Waals surface area contributed by atoms with E-state index in [9.17, 15) is 14.0 Å². The summed E-state index contributed by atoms with van der Waals surface area (Å²) in [6, 6.07) is 3.58. The van der Waals surface area contributed by atoms with Gasteiger partial charge in [-0.2, -0.15) is 5.10 Å². The van der Waals surface area contributed by atoms with Crippen molar-refractivity contribution in [3.8, 4) is 11.3 Å². The molecule has 0 aliphatic heterocycles. The molecule has 0 aliphatic rings. The van der Waals surface area contributed by atoms with Crippen molar-refractivity contribution in [2.24, 2.45) is 13.0 Å². The highest BCUT2D eigenvalue weighted by atomic mass is 19.1. The molecular formula is C20H23FN4O3. The highest BCUT2D eigenvalue weighted by Crippen LogP contribution is 2.31. The van der Waals surface area contributed by atoms with Gasteiger partial charge in [0.15, 0.2) is 0 Å². The summed E-state index contributed by atoms with van der Waals surface area (Å²) in [5.74, 6) is -1.21. The summed E-state index contributed by atoms with van der Waals surface area (Å²) in [7, 11) is 1.67. The molecule has 28 heavy (non-hydrogen) atoms. The monoisotopic (exact) mass is 386 g/mol. The number of aromatic nitrogens is 2. The number of hydrogen-bond donors (Lipinski definition) is 3. The van der Waals surface area contributed by atoms with Crippen LogP contribution in [0, 0.1) is 11.7 Å². The molecule has 0 bridgehead atoms. The molecule has 0 unspecified atom stereocenters. The molecule has 0 fully saturated rings. The van der Waals surface area contributed by atoms with E-state index >= 15 is 0 Å². The van der Waals surface area contributed by atoms with Crippen molar-refractivity contribution >= 4 is 17.7 Å². The number of benzene rings is 1. The summed E-state index contributed by atoms with van der Waals surface area (Å²) < 4.78 is 15.8. The number of nitrogens with zero attached hydrogens (tertiary/aromatic N) is 2. The maximum absolute atomic E-state index is 14.3. The molecule has 2 amide bonds. The number of carbonyl (C=O) groups excluding carboxylic acids is 1. The van der Waals surface area contributed by atoms with Gasteiger partial charge in [0.1, 0.15) is 5.82 Å². The highest BCUT2D eigenvalue weighted by Gasteiger charge is 2.19. The van der Waals surface area contributed by atoms with Gasteiger partial charge in [-0.05, 0) is 30.2 Å². The Kier molecular flexibility index (Phi) is 6.70. The Morgan fingerprint density at radius 3 is 2.68 bits per heavy atom. The fourth-order valence-electron chi connectivity index (χ4n) is 2.77. The topological polar surface area (TPSA) is 96.2 Å². The molecule has 0 spiro atoms. The number of amides is 2. The fraction of sp³-hybridized carbons (Fsp3) is 0.250. The Bertz CT molecular complexity index is 907. The average Bonchev–Trinajstić information content (AvgIpc) is 2.99. The maximum atomic E-state index is 14.3. The average molecular weight is 386 g/mol. The number of nitrogens with one attached hydrogen (secondary N) is 2. The van der Waals surface area contributed by atoms with E-state index in [1.54, 1.807) is 26.1 Å². The molecule has 8 heteroatoms. The lowest BCUT2D eigenvalue weighted by Gasteiger charge is -2.17. The lowest BCUT2D eigenvalue weighted by Crippen LogP contribution is -2.26. The molecule has 2 aromatic rings. The number of aryl methyl sites for hydroxylation is 1. The second kappa shape index (κ2) is 8.98. The van der Waals surface area contributed by atoms with Gasteiger partial charge < -0.3 is 15.7 Å². The van der Waals surface area contributed by atoms with E-state index in [4.69, 9.17) is 5.11 Å². The van der Waals surface area contributed by atoms with Gasteiger partial charge in [0.05, 0.1) is 29.5 Å². The third kappa shape index (κ3) is 4.85. The van der Waals surface area contributed by atoms with Crippen molar-refractivity contribution in [1.82, 2.24) is 15.1 Å². The highest BCUT2D eigenvalue weighted by molar-refractivity contribution is 5.96. The van der Waals surface area contributed by atoms with Gasteiger partial charge in [-0.3, -0.25) is 9.48 Å². The lowest BCUT2D eigenvalue weighted by molar-refractivity contribution is -0.118. The number of hydrogen-bond acceptors (Lipinski definition) is 3. The summed E-state index contributed by atoms with van der Waals surface area (Å²) >= 11 is 0. The number of carbonyl (C=O) groups is 2. The molecular weight excluding hydrogens is 363 g/mol. The Morgan fingerprint density at radius 2 is 2.07 bits per heavy atom. The van der Waals surface area contributed by atoms with Crippen molar-refractivity contribution in [2.75, 3.05) is 5.32 Å². The maximum Gasteiger partial charge on any atom is 0.405 e. The molecule has 1 heterocycles. The predicted molar refractivity (Wildman–Crippen MR) is 105 cm³/mol. The quantitative estimate of drug-likeness (QED) is 0.600. The van der Waals surface area contributed by atoms with Crippen LogP contribution in [-0.4, -0.2) is 26.9 Å². The van der Waals surface area contributed by atoms with Crippen LogP contribution in [0.4, 0.5) is 14.9 Å². The van der Waals surface area contributed by atoms with Gasteiger partial charge in [-0.25, -0.2) is 9.18 Å². The zero-order valence-electron chi connectivity index (χ0n) is 15.8. The molecule has 2 atom stereocenters. The first-order valence-electron chi connectivity index (χ1n) is 8.63. The van der Waals surface area contributed by atoms with Crippen LogP contribution in [0.15, 0.2) is 49.7 Å². The second-order valence-electron chi connectivity index (χ2n) is 6.34. The second-order valence-corrected chi connectivity index (χ2v) is 6.34. The summed E-state index contributed by atoms with van der Waals surface area (Å²) in [4.78, 5) is 23.3. The summed E-state index contributed by atoms with van der Waals surface area (Å²) in [5.41, 5.74) is 1.82. The van der Waals surface area contributed by atoms with E-state index in [0.717, 1.165) is 0 Å². The van der Waals surface area contributed by atoms with E-state index in [2.05, 4.69) is 28.9 Å². The Hall–Kier alpha value is -3.42. The standard InChI is InChI=1S/C20H23FN4O3/c1-5-7-16(24-20(27)28)13-8-14(10-15(21)9-13)18-17(11-22-25(18)4)23-19(26)12(3)6-2/h5-6,8-12,16,24H,1-2,7H2,3-4H3,(H,23,26)(H,27,28)/t12-,16+/m1/s1. The minimum absolute atomic E-state index is 0.266. The van der Waals surface area contributed by atoms with Crippen molar-refractivity contribution in [3.63, 3.8) is 0 Å². The third-order valence-corrected chi connectivity index (χ3v) is 4.26. The van der Waals surface area contributed by atoms with Crippen LogP contribution in [0.1, 0.15) is 24.9 Å². The van der Waals surface area contributed by atoms with Crippen LogP contribution in [0.2, 0.25) is 0 Å². The molecule has 0 aliphatic carbocycles. The van der Waals surface area contributed by atoms with Crippen molar-refractivity contribution in [2.45, 2.75) is 19.4 Å². The van der Waals surface area contributed by atoms with E-state index in [0.29, 0.717) is 28.9 Å². The van der Waals surface area contributed by atoms with Crippen LogP contribution in [0.5, 0.6) is 0 Å². The smallest absolute Gasteiger partial charge is 0.405 e. The van der Waals surface area contributed by atoms with Crippen molar-refractivity contribution in [1.29, 1.82) is 0 Å². The zero-order chi connectivity index (χ0) is 20.8.